The molecule has 0 unspecified atom stereocenters. The highest BCUT2D eigenvalue weighted by Crippen LogP contribution is 2.22. The number of nitrogens with zero attached hydrogens (tertiary/aromatic N) is 1. The van der Waals surface area contributed by atoms with E-state index in [0.29, 0.717) is 43.4 Å². The average molecular weight is 329 g/mol. The topological polar surface area (TPSA) is 67.6 Å². The van der Waals surface area contributed by atoms with Crippen LogP contribution in [0.25, 0.3) is 0 Å². The number of rotatable bonds is 3. The number of carbonyl (C=O) groups excluding carboxylic acids is 1. The summed E-state index contributed by atoms with van der Waals surface area (Å²) in [7, 11) is 0. The van der Waals surface area contributed by atoms with Crippen LogP contribution in [0.1, 0.15) is 15.9 Å². The van der Waals surface area contributed by atoms with E-state index >= 15 is 0 Å². The number of ether oxygens (including phenoxy) is 1. The van der Waals surface area contributed by atoms with Gasteiger partial charge in [-0.2, -0.15) is 0 Å². The van der Waals surface area contributed by atoms with Crippen LogP contribution in [0.4, 0.5) is 21.5 Å². The molecular weight excluding hydrogens is 309 g/mol. The van der Waals surface area contributed by atoms with Gasteiger partial charge >= 0.3 is 0 Å². The van der Waals surface area contributed by atoms with Crippen molar-refractivity contribution in [3.63, 3.8) is 0 Å². The standard InChI is InChI=1S/C18H20FN3O2/c1-12-2-3-15(11-17(12)20)21-18(23)13-8-14(19)10-16(9-13)22-4-6-24-7-5-22/h2-3,8-11H,4-7,20H2,1H3,(H,21,23). The maximum absolute atomic E-state index is 13.9. The Balaban J connectivity index is 1.81. The van der Waals surface area contributed by atoms with Gasteiger partial charge in [-0.15, -0.1) is 0 Å². The van der Waals surface area contributed by atoms with E-state index in [4.69, 9.17) is 10.5 Å². The Hall–Kier alpha value is -2.60. The van der Waals surface area contributed by atoms with Gasteiger partial charge in [-0.25, -0.2) is 4.39 Å². The summed E-state index contributed by atoms with van der Waals surface area (Å²) in [4.78, 5) is 14.4. The molecule has 24 heavy (non-hydrogen) atoms. The number of amides is 1. The van der Waals surface area contributed by atoms with E-state index in [1.165, 1.54) is 12.1 Å². The molecule has 1 heterocycles. The van der Waals surface area contributed by atoms with E-state index in [1.54, 1.807) is 18.2 Å². The summed E-state index contributed by atoms with van der Waals surface area (Å²) in [6, 6.07) is 9.65. The lowest BCUT2D eigenvalue weighted by Gasteiger charge is -2.29. The molecule has 1 aliphatic heterocycles. The van der Waals surface area contributed by atoms with Crippen molar-refractivity contribution in [2.45, 2.75) is 6.92 Å². The van der Waals surface area contributed by atoms with Crippen LogP contribution in [-0.2, 0) is 4.74 Å². The van der Waals surface area contributed by atoms with Crippen LogP contribution in [-0.4, -0.2) is 32.2 Å². The van der Waals surface area contributed by atoms with E-state index in [9.17, 15) is 9.18 Å². The second-order valence-corrected chi connectivity index (χ2v) is 5.82. The monoisotopic (exact) mass is 329 g/mol. The molecule has 1 fully saturated rings. The van der Waals surface area contributed by atoms with Gasteiger partial charge in [0.15, 0.2) is 0 Å². The van der Waals surface area contributed by atoms with Crippen LogP contribution in [0, 0.1) is 12.7 Å². The highest BCUT2D eigenvalue weighted by atomic mass is 19.1. The molecule has 0 aliphatic carbocycles. The second-order valence-electron chi connectivity index (χ2n) is 5.82. The van der Waals surface area contributed by atoms with Gasteiger partial charge in [0.1, 0.15) is 5.82 Å². The van der Waals surface area contributed by atoms with Crippen LogP contribution in [0.15, 0.2) is 36.4 Å². The van der Waals surface area contributed by atoms with Crippen LogP contribution in [0.5, 0.6) is 0 Å². The maximum atomic E-state index is 13.9. The minimum Gasteiger partial charge on any atom is -0.398 e. The van der Waals surface area contributed by atoms with Crippen molar-refractivity contribution in [2.75, 3.05) is 42.3 Å². The highest BCUT2D eigenvalue weighted by molar-refractivity contribution is 6.05. The van der Waals surface area contributed by atoms with Gasteiger partial charge < -0.3 is 20.7 Å². The number of hydrogen-bond donors (Lipinski definition) is 2. The predicted molar refractivity (Wildman–Crippen MR) is 93.0 cm³/mol. The number of hydrogen-bond acceptors (Lipinski definition) is 4. The van der Waals surface area contributed by atoms with Crippen LogP contribution in [0.3, 0.4) is 0 Å². The van der Waals surface area contributed by atoms with Crippen molar-refractivity contribution in [3.05, 3.63) is 53.3 Å². The summed E-state index contributed by atoms with van der Waals surface area (Å²) in [5.41, 5.74) is 8.93. The quantitative estimate of drug-likeness (QED) is 0.850. The summed E-state index contributed by atoms with van der Waals surface area (Å²) in [6.07, 6.45) is 0. The zero-order valence-electron chi connectivity index (χ0n) is 13.5. The number of carbonyl (C=O) groups is 1. The van der Waals surface area contributed by atoms with Crippen molar-refractivity contribution >= 4 is 23.0 Å². The van der Waals surface area contributed by atoms with E-state index in [0.717, 1.165) is 5.56 Å². The molecule has 2 aromatic carbocycles. The molecule has 5 nitrogen and oxygen atoms in total. The summed E-state index contributed by atoms with van der Waals surface area (Å²) >= 11 is 0. The molecule has 0 bridgehead atoms. The Morgan fingerprint density at radius 3 is 2.67 bits per heavy atom. The lowest BCUT2D eigenvalue weighted by molar-refractivity contribution is 0.102. The summed E-state index contributed by atoms with van der Waals surface area (Å²) in [6.45, 7) is 4.45. The number of halogens is 1. The van der Waals surface area contributed by atoms with Gasteiger partial charge in [-0.3, -0.25) is 4.79 Å². The molecule has 0 saturated carbocycles. The fourth-order valence-corrected chi connectivity index (χ4v) is 2.63. The largest absolute Gasteiger partial charge is 0.398 e. The Labute approximate surface area is 140 Å². The van der Waals surface area contributed by atoms with Crippen LogP contribution < -0.4 is 16.0 Å². The minimum atomic E-state index is -0.437. The Kier molecular flexibility index (Phi) is 4.66. The zero-order valence-corrected chi connectivity index (χ0v) is 13.5. The molecule has 1 saturated heterocycles. The highest BCUT2D eigenvalue weighted by Gasteiger charge is 2.15. The van der Waals surface area contributed by atoms with Crippen molar-refractivity contribution in [1.82, 2.24) is 0 Å². The van der Waals surface area contributed by atoms with Crippen LogP contribution in [0.2, 0.25) is 0 Å². The van der Waals surface area contributed by atoms with E-state index in [2.05, 4.69) is 5.32 Å². The Morgan fingerprint density at radius 1 is 1.21 bits per heavy atom. The lowest BCUT2D eigenvalue weighted by atomic mass is 10.1. The first-order valence-electron chi connectivity index (χ1n) is 7.84. The van der Waals surface area contributed by atoms with Gasteiger partial charge in [-0.1, -0.05) is 6.07 Å². The Bertz CT molecular complexity index is 758. The fourth-order valence-electron chi connectivity index (χ4n) is 2.63. The predicted octanol–water partition coefficient (Wildman–Crippen LogP) is 2.81. The number of anilines is 3. The maximum Gasteiger partial charge on any atom is 0.255 e. The first-order chi connectivity index (χ1) is 11.5. The van der Waals surface area contributed by atoms with E-state index < -0.39 is 5.82 Å². The van der Waals surface area contributed by atoms with Gasteiger partial charge in [0, 0.05) is 35.7 Å². The molecule has 0 atom stereocenters. The Morgan fingerprint density at radius 2 is 1.96 bits per heavy atom. The number of benzene rings is 2. The molecule has 3 N–H and O–H groups in total. The first kappa shape index (κ1) is 16.3. The number of aryl methyl sites for hydroxylation is 1. The molecule has 1 amide bonds. The summed E-state index contributed by atoms with van der Waals surface area (Å²) in [5.74, 6) is -0.806. The van der Waals surface area contributed by atoms with Crippen molar-refractivity contribution in [3.8, 4) is 0 Å². The molecule has 126 valence electrons. The zero-order chi connectivity index (χ0) is 17.1. The number of nitrogen functional groups attached to an aromatic ring is 1. The third kappa shape index (κ3) is 3.65. The average Bonchev–Trinajstić information content (AvgIpc) is 2.58. The molecule has 0 aromatic heterocycles. The van der Waals surface area contributed by atoms with Crippen molar-refractivity contribution < 1.29 is 13.9 Å². The number of nitrogens with two attached hydrogens (primary N) is 1. The molecular formula is C18H20FN3O2. The normalized spacial score (nSPS) is 14.5. The second kappa shape index (κ2) is 6.88. The third-order valence-electron chi connectivity index (χ3n) is 4.06. The van der Waals surface area contributed by atoms with Gasteiger partial charge in [0.25, 0.3) is 5.91 Å². The lowest BCUT2D eigenvalue weighted by Crippen LogP contribution is -2.36. The van der Waals surface area contributed by atoms with Crippen molar-refractivity contribution in [1.29, 1.82) is 0 Å². The smallest absolute Gasteiger partial charge is 0.255 e. The van der Waals surface area contributed by atoms with E-state index in [-0.39, 0.29) is 11.5 Å². The SMILES string of the molecule is Cc1ccc(NC(=O)c2cc(F)cc(N3CCOCC3)c2)cc1N. The molecule has 3 rings (SSSR count). The minimum absolute atomic E-state index is 0.274. The molecule has 0 spiro atoms. The molecule has 6 heteroatoms. The van der Waals surface area contributed by atoms with Crippen molar-refractivity contribution in [2.24, 2.45) is 0 Å². The van der Waals surface area contributed by atoms with E-state index in [1.807, 2.05) is 17.9 Å². The molecule has 0 radical (unpaired) electrons. The summed E-state index contributed by atoms with van der Waals surface area (Å²) < 4.78 is 19.2. The fraction of sp³-hybridized carbons (Fsp3) is 0.278. The third-order valence-corrected chi connectivity index (χ3v) is 4.06. The molecule has 2 aromatic rings. The molecule has 1 aliphatic rings. The van der Waals surface area contributed by atoms with Gasteiger partial charge in [-0.05, 0) is 42.8 Å². The number of morpholine rings is 1. The van der Waals surface area contributed by atoms with Gasteiger partial charge in [0.2, 0.25) is 0 Å². The van der Waals surface area contributed by atoms with Crippen LogP contribution >= 0.6 is 0 Å². The first-order valence-corrected chi connectivity index (χ1v) is 7.84. The number of nitrogens with one attached hydrogen (secondary N) is 1. The van der Waals surface area contributed by atoms with Gasteiger partial charge in [0.05, 0.1) is 13.2 Å². The summed E-state index contributed by atoms with van der Waals surface area (Å²) in [5, 5.41) is 2.75.